The molecular weight excluding hydrogens is 179 g/mol. The standard InChI is InChI=1S/C11H13OP/c1-10-6-5-9-13(10)12-11-7-3-2-4-8-11/h2-8,10H,9H2,1H3. The molecule has 1 aliphatic heterocycles. The van der Waals surface area contributed by atoms with E-state index in [-0.39, 0.29) is 8.15 Å². The van der Waals surface area contributed by atoms with E-state index in [9.17, 15) is 0 Å². The smallest absolute Gasteiger partial charge is 0.123 e. The first-order valence-electron chi connectivity index (χ1n) is 4.52. The second-order valence-electron chi connectivity index (χ2n) is 3.17. The summed E-state index contributed by atoms with van der Waals surface area (Å²) in [6, 6.07) is 10.1. The topological polar surface area (TPSA) is 9.23 Å². The highest BCUT2D eigenvalue weighted by atomic mass is 31.1. The van der Waals surface area contributed by atoms with Crippen LogP contribution in [0.3, 0.4) is 0 Å². The molecule has 0 radical (unpaired) electrons. The molecule has 2 heteroatoms. The number of rotatable bonds is 2. The predicted octanol–water partition coefficient (Wildman–Crippen LogP) is 3.42. The summed E-state index contributed by atoms with van der Waals surface area (Å²) in [6.07, 6.45) is 5.57. The molecule has 1 nitrogen and oxygen atoms in total. The quantitative estimate of drug-likeness (QED) is 0.515. The van der Waals surface area contributed by atoms with Crippen LogP contribution in [-0.2, 0) is 0 Å². The summed E-state index contributed by atoms with van der Waals surface area (Å²) >= 11 is 0. The average molecular weight is 192 g/mol. The maximum Gasteiger partial charge on any atom is 0.123 e. The molecule has 0 N–H and O–H groups in total. The minimum Gasteiger partial charge on any atom is -0.473 e. The SMILES string of the molecule is CC1C=CCP1Oc1ccccc1. The van der Waals surface area contributed by atoms with Crippen molar-refractivity contribution in [3.63, 3.8) is 0 Å². The number of hydrogen-bond donors (Lipinski definition) is 0. The molecule has 0 bridgehead atoms. The van der Waals surface area contributed by atoms with Crippen molar-refractivity contribution in [2.45, 2.75) is 12.6 Å². The second-order valence-corrected chi connectivity index (χ2v) is 5.37. The molecule has 0 aromatic heterocycles. The normalized spacial score (nSPS) is 26.2. The molecule has 1 heterocycles. The summed E-state index contributed by atoms with van der Waals surface area (Å²) in [5.41, 5.74) is 0.607. The van der Waals surface area contributed by atoms with E-state index in [1.165, 1.54) is 0 Å². The Bertz CT molecular complexity index is 294. The maximum absolute atomic E-state index is 5.89. The zero-order valence-electron chi connectivity index (χ0n) is 7.68. The summed E-state index contributed by atoms with van der Waals surface area (Å²) < 4.78 is 5.89. The van der Waals surface area contributed by atoms with E-state index in [0.29, 0.717) is 5.66 Å². The Hall–Kier alpha value is -0.810. The van der Waals surface area contributed by atoms with Crippen molar-refractivity contribution < 1.29 is 4.52 Å². The van der Waals surface area contributed by atoms with Gasteiger partial charge in [-0.2, -0.15) is 0 Å². The molecule has 2 rings (SSSR count). The third kappa shape index (κ3) is 2.10. The molecule has 1 aromatic rings. The lowest BCUT2D eigenvalue weighted by molar-refractivity contribution is 0.612. The second kappa shape index (κ2) is 3.93. The Morgan fingerprint density at radius 2 is 2.08 bits per heavy atom. The summed E-state index contributed by atoms with van der Waals surface area (Å²) in [4.78, 5) is 0. The molecular formula is C11H13OP. The molecule has 0 fully saturated rings. The summed E-state index contributed by atoms with van der Waals surface area (Å²) in [5.74, 6) is 1.00. The molecule has 13 heavy (non-hydrogen) atoms. The van der Waals surface area contributed by atoms with E-state index >= 15 is 0 Å². The Balaban J connectivity index is 1.99. The number of hydrogen-bond acceptors (Lipinski definition) is 1. The van der Waals surface area contributed by atoms with Crippen molar-refractivity contribution in [2.24, 2.45) is 0 Å². The summed E-state index contributed by atoms with van der Waals surface area (Å²) in [6.45, 7) is 2.22. The van der Waals surface area contributed by atoms with Crippen LogP contribution in [0.15, 0.2) is 42.5 Å². The van der Waals surface area contributed by atoms with Gasteiger partial charge in [-0.1, -0.05) is 37.3 Å². The van der Waals surface area contributed by atoms with Gasteiger partial charge in [-0.25, -0.2) is 0 Å². The maximum atomic E-state index is 5.89. The number of benzene rings is 1. The lowest BCUT2D eigenvalue weighted by atomic mass is 10.3. The van der Waals surface area contributed by atoms with Crippen LogP contribution < -0.4 is 4.52 Å². The minimum atomic E-state index is -0.294. The van der Waals surface area contributed by atoms with Crippen molar-refractivity contribution in [1.82, 2.24) is 0 Å². The first kappa shape index (κ1) is 8.77. The van der Waals surface area contributed by atoms with Crippen LogP contribution in [0.25, 0.3) is 0 Å². The summed E-state index contributed by atoms with van der Waals surface area (Å²) in [7, 11) is -0.294. The highest BCUT2D eigenvalue weighted by Gasteiger charge is 2.20. The lowest BCUT2D eigenvalue weighted by Gasteiger charge is -2.16. The molecule has 0 saturated heterocycles. The third-order valence-corrected chi connectivity index (χ3v) is 4.22. The molecule has 68 valence electrons. The Morgan fingerprint density at radius 1 is 1.31 bits per heavy atom. The van der Waals surface area contributed by atoms with Crippen LogP contribution in [0.2, 0.25) is 0 Å². The van der Waals surface area contributed by atoms with Crippen molar-refractivity contribution in [1.29, 1.82) is 0 Å². The van der Waals surface area contributed by atoms with Gasteiger partial charge in [0.2, 0.25) is 0 Å². The molecule has 1 aliphatic rings. The highest BCUT2D eigenvalue weighted by Crippen LogP contribution is 2.46. The molecule has 1 aromatic carbocycles. The fourth-order valence-corrected chi connectivity index (χ4v) is 2.97. The fourth-order valence-electron chi connectivity index (χ4n) is 1.36. The molecule has 0 spiro atoms. The van der Waals surface area contributed by atoms with Crippen LogP contribution >= 0.6 is 8.15 Å². The monoisotopic (exact) mass is 192 g/mol. The zero-order valence-corrected chi connectivity index (χ0v) is 8.58. The van der Waals surface area contributed by atoms with Gasteiger partial charge in [0.1, 0.15) is 5.75 Å². The van der Waals surface area contributed by atoms with Crippen LogP contribution in [0.4, 0.5) is 0 Å². The van der Waals surface area contributed by atoms with Gasteiger partial charge in [0.15, 0.2) is 0 Å². The Kier molecular flexibility index (Phi) is 2.65. The molecule has 2 unspecified atom stereocenters. The van der Waals surface area contributed by atoms with E-state index in [0.717, 1.165) is 11.9 Å². The average Bonchev–Trinajstić information content (AvgIpc) is 2.54. The van der Waals surface area contributed by atoms with Gasteiger partial charge >= 0.3 is 0 Å². The van der Waals surface area contributed by atoms with E-state index in [4.69, 9.17) is 4.52 Å². The lowest BCUT2D eigenvalue weighted by Crippen LogP contribution is -1.97. The minimum absolute atomic E-state index is 0.294. The van der Waals surface area contributed by atoms with Crippen molar-refractivity contribution >= 4 is 8.15 Å². The largest absolute Gasteiger partial charge is 0.473 e. The van der Waals surface area contributed by atoms with Gasteiger partial charge in [0, 0.05) is 11.8 Å². The molecule has 0 aliphatic carbocycles. The van der Waals surface area contributed by atoms with Gasteiger partial charge in [-0.05, 0) is 12.1 Å². The predicted molar refractivity (Wildman–Crippen MR) is 57.5 cm³/mol. The zero-order chi connectivity index (χ0) is 9.10. The van der Waals surface area contributed by atoms with Crippen LogP contribution in [0.5, 0.6) is 5.75 Å². The fraction of sp³-hybridized carbons (Fsp3) is 0.273. The number of allylic oxidation sites excluding steroid dienone is 2. The first-order chi connectivity index (χ1) is 6.36. The Morgan fingerprint density at radius 3 is 2.69 bits per heavy atom. The molecule has 0 amide bonds. The van der Waals surface area contributed by atoms with Gasteiger partial charge in [-0.3, -0.25) is 0 Å². The molecule has 0 saturated carbocycles. The van der Waals surface area contributed by atoms with E-state index in [1.54, 1.807) is 0 Å². The van der Waals surface area contributed by atoms with Gasteiger partial charge < -0.3 is 4.52 Å². The van der Waals surface area contributed by atoms with Crippen molar-refractivity contribution in [3.05, 3.63) is 42.5 Å². The van der Waals surface area contributed by atoms with Crippen molar-refractivity contribution in [3.8, 4) is 5.75 Å². The highest BCUT2D eigenvalue weighted by molar-refractivity contribution is 7.54. The van der Waals surface area contributed by atoms with E-state index in [1.807, 2.05) is 30.3 Å². The van der Waals surface area contributed by atoms with Crippen molar-refractivity contribution in [2.75, 3.05) is 6.16 Å². The van der Waals surface area contributed by atoms with Crippen LogP contribution in [-0.4, -0.2) is 11.8 Å². The molecule has 2 atom stereocenters. The van der Waals surface area contributed by atoms with E-state index in [2.05, 4.69) is 19.1 Å². The van der Waals surface area contributed by atoms with E-state index < -0.39 is 0 Å². The third-order valence-electron chi connectivity index (χ3n) is 2.12. The van der Waals surface area contributed by atoms with Gasteiger partial charge in [0.25, 0.3) is 0 Å². The number of para-hydroxylation sites is 1. The van der Waals surface area contributed by atoms with Crippen LogP contribution in [0.1, 0.15) is 6.92 Å². The Labute approximate surface area is 80.3 Å². The van der Waals surface area contributed by atoms with Crippen LogP contribution in [0, 0.1) is 0 Å². The first-order valence-corrected chi connectivity index (χ1v) is 6.04. The van der Waals surface area contributed by atoms with Gasteiger partial charge in [-0.15, -0.1) is 0 Å². The van der Waals surface area contributed by atoms with Gasteiger partial charge in [0.05, 0.1) is 8.15 Å². The summed E-state index contributed by atoms with van der Waals surface area (Å²) in [5, 5.41) is 0.